The van der Waals surface area contributed by atoms with E-state index in [4.69, 9.17) is 18.9 Å². The third-order valence-electron chi connectivity index (χ3n) is 6.83. The van der Waals surface area contributed by atoms with E-state index in [0.29, 0.717) is 37.5 Å². The number of fused-ring (bicyclic) bond motifs is 1. The standard InChI is InChI=1S/C33H27Br2N3O6/c1-18-9-8-12-23-27(19-10-6-5-7-11-19)29(37-28(18)23)32(39)38-36-17-21-13-22(34)16-24(35)30(21)44-33(40)20-14-25(41-2)31(43-4)26(15-20)42-3/h5-17,37H,1-4H3,(H,38,39). The molecule has 0 aliphatic carbocycles. The van der Waals surface area contributed by atoms with Crippen molar-refractivity contribution in [3.63, 3.8) is 0 Å². The first-order valence-electron chi connectivity index (χ1n) is 13.3. The maximum atomic E-state index is 13.5. The highest BCUT2D eigenvalue weighted by Crippen LogP contribution is 2.39. The molecule has 0 aliphatic heterocycles. The van der Waals surface area contributed by atoms with Gasteiger partial charge >= 0.3 is 5.97 Å². The van der Waals surface area contributed by atoms with Gasteiger partial charge in [0.25, 0.3) is 5.91 Å². The number of aromatic amines is 1. The highest BCUT2D eigenvalue weighted by Gasteiger charge is 2.22. The predicted octanol–water partition coefficient (Wildman–Crippen LogP) is 7.68. The molecule has 0 saturated heterocycles. The van der Waals surface area contributed by atoms with Gasteiger partial charge in [-0.05, 0) is 58.2 Å². The number of para-hydroxylation sites is 1. The number of carbonyl (C=O) groups is 2. The number of methoxy groups -OCH3 is 3. The zero-order valence-corrected chi connectivity index (χ0v) is 27.3. The lowest BCUT2D eigenvalue weighted by molar-refractivity contribution is 0.0732. The van der Waals surface area contributed by atoms with E-state index in [0.717, 1.165) is 27.6 Å². The number of esters is 1. The fourth-order valence-corrected chi connectivity index (χ4v) is 6.13. The van der Waals surface area contributed by atoms with Crippen LogP contribution in [0.1, 0.15) is 32.0 Å². The second kappa shape index (κ2) is 13.4. The van der Waals surface area contributed by atoms with Crippen LogP contribution in [0.5, 0.6) is 23.0 Å². The second-order valence-electron chi connectivity index (χ2n) is 9.55. The van der Waals surface area contributed by atoms with Gasteiger partial charge in [-0.2, -0.15) is 5.10 Å². The van der Waals surface area contributed by atoms with Gasteiger partial charge in [-0.1, -0.05) is 64.5 Å². The lowest BCUT2D eigenvalue weighted by Gasteiger charge is -2.15. The van der Waals surface area contributed by atoms with Crippen molar-refractivity contribution < 1.29 is 28.5 Å². The summed E-state index contributed by atoms with van der Waals surface area (Å²) in [5.41, 5.74) is 7.15. The maximum Gasteiger partial charge on any atom is 0.343 e. The van der Waals surface area contributed by atoms with Crippen LogP contribution in [0.2, 0.25) is 0 Å². The van der Waals surface area contributed by atoms with Crippen molar-refractivity contribution >= 4 is 60.9 Å². The van der Waals surface area contributed by atoms with Crippen LogP contribution in [0, 0.1) is 6.92 Å². The van der Waals surface area contributed by atoms with E-state index >= 15 is 0 Å². The number of ether oxygens (including phenoxy) is 4. The molecule has 0 fully saturated rings. The molecular weight excluding hydrogens is 694 g/mol. The molecule has 0 spiro atoms. The zero-order chi connectivity index (χ0) is 31.4. The van der Waals surface area contributed by atoms with Gasteiger partial charge in [-0.25, -0.2) is 10.2 Å². The third kappa shape index (κ3) is 6.20. The van der Waals surface area contributed by atoms with Crippen LogP contribution in [0.4, 0.5) is 0 Å². The summed E-state index contributed by atoms with van der Waals surface area (Å²) in [7, 11) is 4.39. The van der Waals surface area contributed by atoms with Gasteiger partial charge in [0.1, 0.15) is 5.69 Å². The second-order valence-corrected chi connectivity index (χ2v) is 11.3. The number of hydrogen-bond acceptors (Lipinski definition) is 7. The summed E-state index contributed by atoms with van der Waals surface area (Å²) >= 11 is 6.93. The highest BCUT2D eigenvalue weighted by atomic mass is 79.9. The van der Waals surface area contributed by atoms with Crippen LogP contribution in [-0.2, 0) is 0 Å². The number of hydrogen-bond donors (Lipinski definition) is 2. The van der Waals surface area contributed by atoms with Gasteiger partial charge in [0.2, 0.25) is 5.75 Å². The normalized spacial score (nSPS) is 11.0. The van der Waals surface area contributed by atoms with Gasteiger partial charge in [-0.15, -0.1) is 0 Å². The number of halogens is 2. The molecule has 0 atom stereocenters. The minimum absolute atomic E-state index is 0.174. The Labute approximate surface area is 270 Å². The van der Waals surface area contributed by atoms with Crippen molar-refractivity contribution in [3.05, 3.63) is 104 Å². The van der Waals surface area contributed by atoms with Crippen LogP contribution in [0.25, 0.3) is 22.0 Å². The molecule has 0 radical (unpaired) electrons. The summed E-state index contributed by atoms with van der Waals surface area (Å²) in [6, 6.07) is 22.1. The Morgan fingerprint density at radius 1 is 0.864 bits per heavy atom. The molecule has 0 unspecified atom stereocenters. The average Bonchev–Trinajstić information content (AvgIpc) is 3.43. The Kier molecular flexibility index (Phi) is 9.36. The van der Waals surface area contributed by atoms with Crippen molar-refractivity contribution in [1.29, 1.82) is 0 Å². The van der Waals surface area contributed by atoms with E-state index < -0.39 is 11.9 Å². The Balaban J connectivity index is 1.44. The lowest BCUT2D eigenvalue weighted by atomic mass is 10.0. The minimum Gasteiger partial charge on any atom is -0.493 e. The maximum absolute atomic E-state index is 13.5. The Morgan fingerprint density at radius 3 is 2.23 bits per heavy atom. The van der Waals surface area contributed by atoms with Crippen LogP contribution < -0.4 is 24.4 Å². The molecule has 5 aromatic rings. The fourth-order valence-electron chi connectivity index (χ4n) is 4.79. The molecule has 224 valence electrons. The molecule has 9 nitrogen and oxygen atoms in total. The number of aryl methyl sites for hydroxylation is 1. The number of rotatable bonds is 9. The smallest absolute Gasteiger partial charge is 0.343 e. The summed E-state index contributed by atoms with van der Waals surface area (Å²) in [6.45, 7) is 1.99. The number of carbonyl (C=O) groups excluding carboxylic acids is 2. The van der Waals surface area contributed by atoms with Crippen molar-refractivity contribution in [2.45, 2.75) is 6.92 Å². The Bertz CT molecular complexity index is 1880. The first-order valence-corrected chi connectivity index (χ1v) is 14.9. The summed E-state index contributed by atoms with van der Waals surface area (Å²) in [6.07, 6.45) is 1.40. The van der Waals surface area contributed by atoms with E-state index in [1.54, 1.807) is 12.1 Å². The van der Waals surface area contributed by atoms with Gasteiger partial charge < -0.3 is 23.9 Å². The monoisotopic (exact) mass is 719 g/mol. The molecule has 2 N–H and O–H groups in total. The number of aromatic nitrogens is 1. The largest absolute Gasteiger partial charge is 0.493 e. The Hall–Kier alpha value is -4.61. The molecule has 4 aromatic carbocycles. The third-order valence-corrected chi connectivity index (χ3v) is 7.88. The lowest BCUT2D eigenvalue weighted by Crippen LogP contribution is -2.19. The van der Waals surface area contributed by atoms with Crippen molar-refractivity contribution in [2.24, 2.45) is 5.10 Å². The van der Waals surface area contributed by atoms with Gasteiger partial charge in [0.15, 0.2) is 17.2 Å². The number of nitrogens with zero attached hydrogens (tertiary/aromatic N) is 1. The SMILES string of the molecule is COc1cc(C(=O)Oc2c(Br)cc(Br)cc2C=NNC(=O)c2[nH]c3c(C)cccc3c2-c2ccccc2)cc(OC)c1OC. The van der Waals surface area contributed by atoms with Gasteiger partial charge in [0.05, 0.1) is 37.6 Å². The predicted molar refractivity (Wildman–Crippen MR) is 176 cm³/mol. The summed E-state index contributed by atoms with van der Waals surface area (Å²) < 4.78 is 23.0. The fraction of sp³-hybridized carbons (Fsp3) is 0.121. The minimum atomic E-state index is -0.674. The molecular formula is C33H27Br2N3O6. The van der Waals surface area contributed by atoms with Gasteiger partial charge in [0, 0.05) is 26.5 Å². The molecule has 0 aliphatic rings. The number of H-pyrrole nitrogens is 1. The quantitative estimate of drug-likeness (QED) is 0.0700. The molecule has 1 amide bonds. The highest BCUT2D eigenvalue weighted by molar-refractivity contribution is 9.11. The van der Waals surface area contributed by atoms with E-state index in [2.05, 4.69) is 47.4 Å². The van der Waals surface area contributed by atoms with Gasteiger partial charge in [-0.3, -0.25) is 4.79 Å². The molecule has 0 saturated carbocycles. The average molecular weight is 721 g/mol. The van der Waals surface area contributed by atoms with Crippen molar-refractivity contribution in [1.82, 2.24) is 10.4 Å². The number of benzene rings is 4. The van der Waals surface area contributed by atoms with Crippen molar-refractivity contribution in [2.75, 3.05) is 21.3 Å². The molecule has 1 aromatic heterocycles. The number of nitrogens with one attached hydrogen (secondary N) is 2. The summed E-state index contributed by atoms with van der Waals surface area (Å²) in [4.78, 5) is 30.0. The van der Waals surface area contributed by atoms with Crippen molar-refractivity contribution in [3.8, 4) is 34.1 Å². The summed E-state index contributed by atoms with van der Waals surface area (Å²) in [5.74, 6) is 0.0460. The van der Waals surface area contributed by atoms with E-state index in [1.165, 1.54) is 39.7 Å². The Morgan fingerprint density at radius 2 is 1.57 bits per heavy atom. The first-order chi connectivity index (χ1) is 21.2. The molecule has 0 bridgehead atoms. The van der Waals surface area contributed by atoms with Crippen LogP contribution in [0.15, 0.2) is 86.8 Å². The summed E-state index contributed by atoms with van der Waals surface area (Å²) in [5, 5.41) is 5.14. The molecule has 1 heterocycles. The zero-order valence-electron chi connectivity index (χ0n) is 24.2. The van der Waals surface area contributed by atoms with E-state index in [-0.39, 0.29) is 11.3 Å². The number of hydrazone groups is 1. The molecule has 44 heavy (non-hydrogen) atoms. The molecule has 11 heteroatoms. The van der Waals surface area contributed by atoms with E-state index in [9.17, 15) is 9.59 Å². The van der Waals surface area contributed by atoms with E-state index in [1.807, 2.05) is 55.5 Å². The molecule has 5 rings (SSSR count). The topological polar surface area (TPSA) is 111 Å². The van der Waals surface area contributed by atoms with Crippen LogP contribution in [0.3, 0.4) is 0 Å². The number of amides is 1. The van der Waals surface area contributed by atoms with Crippen LogP contribution >= 0.6 is 31.9 Å². The van der Waals surface area contributed by atoms with Crippen LogP contribution in [-0.4, -0.2) is 44.4 Å². The first kappa shape index (κ1) is 30.8.